The highest BCUT2D eigenvalue weighted by Gasteiger charge is 2.39. The van der Waals surface area contributed by atoms with E-state index in [-0.39, 0.29) is 16.5 Å². The number of hydrogen-bond acceptors (Lipinski definition) is 6. The number of rotatable bonds is 6. The van der Waals surface area contributed by atoms with Crippen LogP contribution in [0, 0.1) is 0 Å². The predicted octanol–water partition coefficient (Wildman–Crippen LogP) is 3.08. The van der Waals surface area contributed by atoms with Crippen molar-refractivity contribution >= 4 is 27.0 Å². The summed E-state index contributed by atoms with van der Waals surface area (Å²) in [5, 5.41) is 10.4. The Kier molecular flexibility index (Phi) is 4.68. The van der Waals surface area contributed by atoms with Gasteiger partial charge in [0.1, 0.15) is 11.4 Å². The summed E-state index contributed by atoms with van der Waals surface area (Å²) in [4.78, 5) is 17.4. The molecule has 1 fully saturated rings. The number of hydrogen-bond donors (Lipinski definition) is 1. The molecule has 0 radical (unpaired) electrons. The zero-order valence-electron chi connectivity index (χ0n) is 16.4. The molecule has 29 heavy (non-hydrogen) atoms. The molecule has 154 valence electrons. The van der Waals surface area contributed by atoms with Gasteiger partial charge in [0, 0.05) is 12.6 Å². The lowest BCUT2D eigenvalue weighted by Crippen LogP contribution is -2.32. The maximum absolute atomic E-state index is 12.8. The molecule has 1 aromatic carbocycles. The first-order valence-electron chi connectivity index (χ1n) is 10.4. The molecule has 0 spiro atoms. The van der Waals surface area contributed by atoms with Crippen molar-refractivity contribution in [3.63, 3.8) is 0 Å². The summed E-state index contributed by atoms with van der Waals surface area (Å²) in [5.74, 6) is -0.782. The van der Waals surface area contributed by atoms with Crippen molar-refractivity contribution in [3.05, 3.63) is 45.0 Å². The number of carbonyl (C=O) groups excluding carboxylic acids is 1. The van der Waals surface area contributed by atoms with Gasteiger partial charge in [-0.15, -0.1) is 11.3 Å². The Morgan fingerprint density at radius 1 is 1.07 bits per heavy atom. The maximum atomic E-state index is 12.8. The Morgan fingerprint density at radius 2 is 1.72 bits per heavy atom. The first-order valence-corrected chi connectivity index (χ1v) is 12.9. The number of carbonyl (C=O) groups is 1. The number of ketones is 1. The summed E-state index contributed by atoms with van der Waals surface area (Å²) in [6.07, 6.45) is 10.2. The third kappa shape index (κ3) is 3.37. The zero-order valence-corrected chi connectivity index (χ0v) is 18.0. The fraction of sp³-hybridized carbons (Fsp3) is 0.545. The number of benzene rings is 1. The van der Waals surface area contributed by atoms with Crippen LogP contribution in [-0.2, 0) is 52.3 Å². The summed E-state index contributed by atoms with van der Waals surface area (Å²) in [7, 11) is -3.78. The monoisotopic (exact) mass is 431 g/mol. The minimum atomic E-state index is -3.78. The second-order valence-corrected chi connectivity index (χ2v) is 11.9. The average Bonchev–Trinajstić information content (AvgIpc) is 3.38. The van der Waals surface area contributed by atoms with Gasteiger partial charge in [-0.2, -0.15) is 0 Å². The van der Waals surface area contributed by atoms with Gasteiger partial charge in [0.05, 0.1) is 4.88 Å². The van der Waals surface area contributed by atoms with Crippen LogP contribution in [0.4, 0.5) is 0 Å². The lowest BCUT2D eigenvalue weighted by molar-refractivity contribution is -0.116. The molecule has 1 N–H and O–H groups in total. The Labute approximate surface area is 175 Å². The molecular weight excluding hydrogens is 406 g/mol. The molecular formula is C22H25NO4S2. The Morgan fingerprint density at radius 3 is 2.31 bits per heavy atom. The van der Waals surface area contributed by atoms with Crippen molar-refractivity contribution in [2.75, 3.05) is 5.75 Å². The number of aryl methyl sites for hydroxylation is 2. The molecule has 2 aromatic rings. The van der Waals surface area contributed by atoms with E-state index in [1.807, 2.05) is 0 Å². The van der Waals surface area contributed by atoms with Gasteiger partial charge >= 0.3 is 0 Å². The van der Waals surface area contributed by atoms with Gasteiger partial charge in [0.15, 0.2) is 5.78 Å². The second-order valence-electron chi connectivity index (χ2n) is 8.69. The van der Waals surface area contributed by atoms with Crippen molar-refractivity contribution in [1.82, 2.24) is 4.98 Å². The molecule has 0 atom stereocenters. The van der Waals surface area contributed by atoms with E-state index in [1.54, 1.807) is 0 Å². The fourth-order valence-corrected chi connectivity index (χ4v) is 7.65. The lowest BCUT2D eigenvalue weighted by atomic mass is 9.79. The number of aromatic nitrogens is 1. The summed E-state index contributed by atoms with van der Waals surface area (Å²) in [5.41, 5.74) is 5.47. The number of Topliss-reactive ketones (excluding diaryl/α,β-unsaturated/α-hetero) is 1. The van der Waals surface area contributed by atoms with Gasteiger partial charge in [-0.05, 0) is 85.6 Å². The van der Waals surface area contributed by atoms with Crippen molar-refractivity contribution in [2.45, 2.75) is 74.1 Å². The van der Waals surface area contributed by atoms with Crippen LogP contribution in [0.15, 0.2) is 16.6 Å². The van der Waals surface area contributed by atoms with Crippen molar-refractivity contribution < 1.29 is 18.3 Å². The van der Waals surface area contributed by atoms with E-state index in [9.17, 15) is 18.3 Å². The molecule has 3 aliphatic rings. The van der Waals surface area contributed by atoms with Crippen LogP contribution >= 0.6 is 11.3 Å². The van der Waals surface area contributed by atoms with Gasteiger partial charge < -0.3 is 5.11 Å². The van der Waals surface area contributed by atoms with E-state index in [0.717, 1.165) is 61.8 Å². The normalized spacial score (nSPS) is 19.6. The number of nitrogens with zero attached hydrogens (tertiary/aromatic N) is 1. The van der Waals surface area contributed by atoms with Crippen molar-refractivity contribution in [1.29, 1.82) is 0 Å². The third-order valence-electron chi connectivity index (χ3n) is 6.71. The van der Waals surface area contributed by atoms with Crippen LogP contribution in [0.3, 0.4) is 0 Å². The molecule has 1 heterocycles. The topological polar surface area (TPSA) is 84.3 Å². The minimum absolute atomic E-state index is 0.0512. The average molecular weight is 432 g/mol. The Hall–Kier alpha value is -1.57. The number of aliphatic hydroxyl groups is 1. The smallest absolute Gasteiger partial charge is 0.212 e. The minimum Gasteiger partial charge on any atom is -0.384 e. The van der Waals surface area contributed by atoms with Crippen LogP contribution in [0.5, 0.6) is 0 Å². The van der Waals surface area contributed by atoms with Crippen LogP contribution in [0.2, 0.25) is 0 Å². The van der Waals surface area contributed by atoms with Gasteiger partial charge in [0.25, 0.3) is 0 Å². The van der Waals surface area contributed by atoms with Crippen LogP contribution in [0.1, 0.15) is 64.8 Å². The Balaban J connectivity index is 1.36. The number of fused-ring (bicyclic) bond motifs is 2. The van der Waals surface area contributed by atoms with Crippen LogP contribution in [0.25, 0.3) is 0 Å². The molecule has 0 bridgehead atoms. The highest BCUT2D eigenvalue weighted by Crippen LogP contribution is 2.44. The zero-order chi connectivity index (χ0) is 20.2. The van der Waals surface area contributed by atoms with Crippen LogP contribution in [-0.4, -0.2) is 30.0 Å². The summed E-state index contributed by atoms with van der Waals surface area (Å²) < 4.78 is 25.5. The largest absolute Gasteiger partial charge is 0.384 e. The highest BCUT2D eigenvalue weighted by molar-refractivity contribution is 7.94. The van der Waals surface area contributed by atoms with Crippen LogP contribution < -0.4 is 0 Å². The molecule has 1 saturated carbocycles. The summed E-state index contributed by atoms with van der Waals surface area (Å²) in [6.45, 7) is 0. The van der Waals surface area contributed by atoms with Crippen molar-refractivity contribution in [2.24, 2.45) is 0 Å². The van der Waals surface area contributed by atoms with E-state index in [4.69, 9.17) is 0 Å². The molecule has 0 aliphatic heterocycles. The molecule has 7 heteroatoms. The van der Waals surface area contributed by atoms with Gasteiger partial charge in [-0.1, -0.05) is 6.07 Å². The second kappa shape index (κ2) is 7.00. The van der Waals surface area contributed by atoms with Gasteiger partial charge in [-0.25, -0.2) is 13.4 Å². The third-order valence-corrected chi connectivity index (χ3v) is 10.0. The first kappa shape index (κ1) is 19.4. The lowest BCUT2D eigenvalue weighted by Gasteiger charge is -2.35. The van der Waals surface area contributed by atoms with E-state index in [0.29, 0.717) is 17.7 Å². The summed E-state index contributed by atoms with van der Waals surface area (Å²) in [6, 6.07) is 2.32. The standard InChI is InChI=1S/C22H25NO4S2/c24-16(11-19-17-6-1-4-14(17)10-15-5-2-7-18(15)19)13-29(26,27)21-23-12-20(28-21)22(25)8-3-9-22/h10,12,25H,1-9,11,13H2. The SMILES string of the molecule is O=C(Cc1c2c(cc3c1CCC3)CCC2)CS(=O)(=O)c1ncc(C2(O)CCC2)s1. The molecule has 3 aliphatic carbocycles. The van der Waals surface area contributed by atoms with E-state index < -0.39 is 21.2 Å². The quantitative estimate of drug-likeness (QED) is 0.760. The van der Waals surface area contributed by atoms with E-state index in [1.165, 1.54) is 28.5 Å². The highest BCUT2D eigenvalue weighted by atomic mass is 32.2. The first-order chi connectivity index (χ1) is 13.9. The maximum Gasteiger partial charge on any atom is 0.212 e. The van der Waals surface area contributed by atoms with Gasteiger partial charge in [-0.3, -0.25) is 4.79 Å². The number of thiazole rings is 1. The molecule has 5 rings (SSSR count). The summed E-state index contributed by atoms with van der Waals surface area (Å²) >= 11 is 1.01. The molecule has 0 unspecified atom stereocenters. The molecule has 1 aromatic heterocycles. The molecule has 0 amide bonds. The van der Waals surface area contributed by atoms with E-state index >= 15 is 0 Å². The fourth-order valence-electron chi connectivity index (χ4n) is 5.04. The number of sulfone groups is 1. The van der Waals surface area contributed by atoms with Crippen molar-refractivity contribution in [3.8, 4) is 0 Å². The Bertz CT molecular complexity index is 1060. The predicted molar refractivity (Wildman–Crippen MR) is 111 cm³/mol. The van der Waals surface area contributed by atoms with Gasteiger partial charge in [0.2, 0.25) is 14.2 Å². The van der Waals surface area contributed by atoms with E-state index in [2.05, 4.69) is 11.1 Å². The molecule has 5 nitrogen and oxygen atoms in total. The molecule has 0 saturated heterocycles.